The van der Waals surface area contributed by atoms with Crippen molar-refractivity contribution in [2.24, 2.45) is 0 Å². The molecule has 1 nitrogen and oxygen atoms in total. The molecule has 1 aromatic carbocycles. The lowest BCUT2D eigenvalue weighted by Crippen LogP contribution is -2.21. The highest BCUT2D eigenvalue weighted by Gasteiger charge is 2.02. The minimum Gasteiger partial charge on any atom is -0.370 e. The third kappa shape index (κ3) is 7.81. The second-order valence-corrected chi connectivity index (χ2v) is 8.92. The maximum Gasteiger partial charge on any atom is 0.133 e. The third-order valence-electron chi connectivity index (χ3n) is 2.65. The van der Waals surface area contributed by atoms with Crippen molar-refractivity contribution in [3.05, 3.63) is 24.3 Å². The van der Waals surface area contributed by atoms with Crippen molar-refractivity contribution in [3.63, 3.8) is 0 Å². The Balaban J connectivity index is 2.26. The van der Waals surface area contributed by atoms with E-state index in [9.17, 15) is 0 Å². The number of thioether (sulfide) groups is 3. The highest BCUT2D eigenvalue weighted by molar-refractivity contribution is 8.22. The molecule has 20 heavy (non-hydrogen) atoms. The average molecular weight is 346 g/mol. The van der Waals surface area contributed by atoms with Crippen LogP contribution in [0, 0.1) is 0 Å². The summed E-state index contributed by atoms with van der Waals surface area (Å²) in [7, 11) is 0. The zero-order valence-electron chi connectivity index (χ0n) is 12.3. The zero-order chi connectivity index (χ0) is 14.8. The van der Waals surface area contributed by atoms with E-state index in [0.717, 1.165) is 22.4 Å². The van der Waals surface area contributed by atoms with Crippen molar-refractivity contribution in [2.75, 3.05) is 18.1 Å². The molecule has 0 aromatic heterocycles. The van der Waals surface area contributed by atoms with Gasteiger partial charge in [0, 0.05) is 27.3 Å². The summed E-state index contributed by atoms with van der Waals surface area (Å²) in [5.41, 5.74) is 0. The van der Waals surface area contributed by atoms with E-state index in [-0.39, 0.29) is 0 Å². The first-order valence-electron chi connectivity index (χ1n) is 6.95. The van der Waals surface area contributed by atoms with Gasteiger partial charge in [-0.3, -0.25) is 0 Å². The summed E-state index contributed by atoms with van der Waals surface area (Å²) < 4.78 is 0.911. The van der Waals surface area contributed by atoms with E-state index in [0.29, 0.717) is 5.25 Å². The maximum absolute atomic E-state index is 5.19. The Labute approximate surface area is 141 Å². The Hall–Kier alpha value is 0.160. The first kappa shape index (κ1) is 18.2. The van der Waals surface area contributed by atoms with Crippen LogP contribution in [0.2, 0.25) is 0 Å². The second-order valence-electron chi connectivity index (χ2n) is 4.30. The van der Waals surface area contributed by atoms with E-state index in [1.165, 1.54) is 16.2 Å². The monoisotopic (exact) mass is 345 g/mol. The smallest absolute Gasteiger partial charge is 0.133 e. The molecule has 5 heteroatoms. The largest absolute Gasteiger partial charge is 0.370 e. The fourth-order valence-corrected chi connectivity index (χ4v) is 4.05. The number of rotatable bonds is 8. The van der Waals surface area contributed by atoms with E-state index in [2.05, 4.69) is 50.4 Å². The summed E-state index contributed by atoms with van der Waals surface area (Å²) in [6.45, 7) is 7.55. The SMILES string of the molecule is CCSC(=S)NCCSc1ccc(SC(C)CC)cc1. The number of benzene rings is 1. The molecule has 0 aliphatic rings. The van der Waals surface area contributed by atoms with Gasteiger partial charge in [0.05, 0.1) is 0 Å². The van der Waals surface area contributed by atoms with Gasteiger partial charge in [-0.2, -0.15) is 0 Å². The minimum absolute atomic E-state index is 0.690. The quantitative estimate of drug-likeness (QED) is 0.389. The molecule has 0 spiro atoms. The van der Waals surface area contributed by atoms with Crippen LogP contribution < -0.4 is 5.32 Å². The molecule has 1 rings (SSSR count). The first-order valence-corrected chi connectivity index (χ1v) is 10.2. The van der Waals surface area contributed by atoms with Crippen LogP contribution in [0.5, 0.6) is 0 Å². The summed E-state index contributed by atoms with van der Waals surface area (Å²) >= 11 is 10.7. The molecule has 0 saturated heterocycles. The lowest BCUT2D eigenvalue weighted by molar-refractivity contribution is 0.905. The van der Waals surface area contributed by atoms with Crippen molar-refractivity contribution in [2.45, 2.75) is 42.2 Å². The van der Waals surface area contributed by atoms with E-state index in [4.69, 9.17) is 12.2 Å². The van der Waals surface area contributed by atoms with Crippen LogP contribution in [-0.4, -0.2) is 27.6 Å². The number of nitrogens with one attached hydrogen (secondary N) is 1. The zero-order valence-corrected chi connectivity index (χ0v) is 15.6. The number of hydrogen-bond donors (Lipinski definition) is 1. The molecule has 1 N–H and O–H groups in total. The van der Waals surface area contributed by atoms with Crippen LogP contribution in [0.25, 0.3) is 0 Å². The molecule has 0 fully saturated rings. The molecule has 1 atom stereocenters. The molecule has 0 amide bonds. The number of hydrogen-bond acceptors (Lipinski definition) is 4. The van der Waals surface area contributed by atoms with Gasteiger partial charge >= 0.3 is 0 Å². The van der Waals surface area contributed by atoms with Gasteiger partial charge in [-0.05, 0) is 36.4 Å². The fourth-order valence-electron chi connectivity index (χ4n) is 1.43. The molecule has 0 aliphatic heterocycles. The van der Waals surface area contributed by atoms with E-state index >= 15 is 0 Å². The van der Waals surface area contributed by atoms with E-state index < -0.39 is 0 Å². The lowest BCUT2D eigenvalue weighted by atomic mass is 10.4. The average Bonchev–Trinajstić information content (AvgIpc) is 2.45. The van der Waals surface area contributed by atoms with Crippen LogP contribution >= 0.6 is 47.5 Å². The van der Waals surface area contributed by atoms with Crippen LogP contribution in [0.4, 0.5) is 0 Å². The predicted octanol–water partition coefficient (Wildman–Crippen LogP) is 5.30. The van der Waals surface area contributed by atoms with Gasteiger partial charge < -0.3 is 5.32 Å². The Kier molecular flexibility index (Phi) is 9.86. The highest BCUT2D eigenvalue weighted by atomic mass is 32.2. The second kappa shape index (κ2) is 10.8. The molecule has 0 heterocycles. The summed E-state index contributed by atoms with van der Waals surface area (Å²) in [6.07, 6.45) is 1.21. The summed E-state index contributed by atoms with van der Waals surface area (Å²) in [6, 6.07) is 8.89. The van der Waals surface area contributed by atoms with E-state index in [1.54, 1.807) is 11.8 Å². The minimum atomic E-state index is 0.690. The lowest BCUT2D eigenvalue weighted by Gasteiger charge is -2.09. The highest BCUT2D eigenvalue weighted by Crippen LogP contribution is 2.27. The molecule has 1 unspecified atom stereocenters. The van der Waals surface area contributed by atoms with Crippen molar-refractivity contribution in [1.29, 1.82) is 0 Å². The predicted molar refractivity (Wildman–Crippen MR) is 102 cm³/mol. The van der Waals surface area contributed by atoms with Crippen molar-refractivity contribution < 1.29 is 0 Å². The van der Waals surface area contributed by atoms with Gasteiger partial charge in [-0.15, -0.1) is 23.5 Å². The number of thiocarbonyl (C=S) groups is 1. The van der Waals surface area contributed by atoms with E-state index in [1.807, 2.05) is 23.5 Å². The van der Waals surface area contributed by atoms with Crippen LogP contribution in [0.1, 0.15) is 27.2 Å². The maximum atomic E-state index is 5.19. The van der Waals surface area contributed by atoms with Gasteiger partial charge in [0.1, 0.15) is 4.32 Å². The fraction of sp³-hybridized carbons (Fsp3) is 0.533. The molecule has 0 bridgehead atoms. The summed E-state index contributed by atoms with van der Waals surface area (Å²) in [5, 5.41) is 3.96. The standard InChI is InChI=1S/C15H23NS4/c1-4-12(3)20-14-8-6-13(7-9-14)19-11-10-16-15(17)18-5-2/h6-9,12H,4-5,10-11H2,1-3H3,(H,16,17). The van der Waals surface area contributed by atoms with Gasteiger partial charge in [-0.1, -0.05) is 44.8 Å². The van der Waals surface area contributed by atoms with Gasteiger partial charge in [0.15, 0.2) is 0 Å². The van der Waals surface area contributed by atoms with Crippen molar-refractivity contribution in [3.8, 4) is 0 Å². The molecular formula is C15H23NS4. The van der Waals surface area contributed by atoms with Gasteiger partial charge in [0.2, 0.25) is 0 Å². The summed E-state index contributed by atoms with van der Waals surface area (Å²) in [4.78, 5) is 2.69. The first-order chi connectivity index (χ1) is 9.65. The molecule has 0 radical (unpaired) electrons. The Bertz CT molecular complexity index is 391. The van der Waals surface area contributed by atoms with Gasteiger partial charge in [0.25, 0.3) is 0 Å². The topological polar surface area (TPSA) is 12.0 Å². The Morgan fingerprint density at radius 2 is 1.85 bits per heavy atom. The molecule has 0 saturated carbocycles. The Morgan fingerprint density at radius 1 is 1.20 bits per heavy atom. The van der Waals surface area contributed by atoms with Crippen molar-refractivity contribution >= 4 is 51.8 Å². The van der Waals surface area contributed by atoms with Crippen LogP contribution in [-0.2, 0) is 0 Å². The Morgan fingerprint density at radius 3 is 2.45 bits per heavy atom. The van der Waals surface area contributed by atoms with Gasteiger partial charge in [-0.25, -0.2) is 0 Å². The van der Waals surface area contributed by atoms with Crippen LogP contribution in [0.3, 0.4) is 0 Å². The molecular weight excluding hydrogens is 322 g/mol. The molecule has 0 aliphatic carbocycles. The molecule has 1 aromatic rings. The summed E-state index contributed by atoms with van der Waals surface area (Å²) in [5.74, 6) is 2.08. The van der Waals surface area contributed by atoms with Crippen LogP contribution in [0.15, 0.2) is 34.1 Å². The molecule has 112 valence electrons. The van der Waals surface area contributed by atoms with Crippen molar-refractivity contribution in [1.82, 2.24) is 5.32 Å². The normalized spacial score (nSPS) is 12.2. The third-order valence-corrected chi connectivity index (χ3v) is 6.14.